The Morgan fingerprint density at radius 2 is 2.10 bits per heavy atom. The van der Waals surface area contributed by atoms with Crippen molar-refractivity contribution in [2.24, 2.45) is 5.92 Å². The predicted octanol–water partition coefficient (Wildman–Crippen LogP) is 4.25. The van der Waals surface area contributed by atoms with Crippen LogP contribution in [0.4, 0.5) is 4.39 Å². The lowest BCUT2D eigenvalue weighted by atomic mass is 10.2. The lowest BCUT2D eigenvalue weighted by molar-refractivity contribution is 0.320. The smallest absolute Gasteiger partial charge is 0.127 e. The fourth-order valence-electron chi connectivity index (χ4n) is 2.03. The molecule has 4 heteroatoms. The van der Waals surface area contributed by atoms with E-state index in [0.717, 1.165) is 18.5 Å². The molecule has 1 heterocycles. The molecule has 0 fully saturated rings. The first-order chi connectivity index (χ1) is 10.1. The van der Waals surface area contributed by atoms with E-state index in [2.05, 4.69) is 36.0 Å². The summed E-state index contributed by atoms with van der Waals surface area (Å²) in [5.74, 6) is 0.941. The zero-order chi connectivity index (χ0) is 15.1. The van der Waals surface area contributed by atoms with E-state index in [1.165, 1.54) is 11.6 Å². The van der Waals surface area contributed by atoms with Crippen LogP contribution in [0.5, 0.6) is 5.75 Å². The van der Waals surface area contributed by atoms with Crippen molar-refractivity contribution in [3.63, 3.8) is 0 Å². The Morgan fingerprint density at radius 1 is 1.24 bits per heavy atom. The normalized spacial score (nSPS) is 11.0. The Labute approximate surface area is 130 Å². The molecule has 0 saturated heterocycles. The van der Waals surface area contributed by atoms with Gasteiger partial charge >= 0.3 is 0 Å². The highest BCUT2D eigenvalue weighted by Crippen LogP contribution is 2.17. The summed E-state index contributed by atoms with van der Waals surface area (Å²) in [4.78, 5) is 0. The number of halogens is 1. The highest BCUT2D eigenvalue weighted by atomic mass is 32.1. The highest BCUT2D eigenvalue weighted by Gasteiger charge is 2.03. The van der Waals surface area contributed by atoms with Gasteiger partial charge in [-0.05, 0) is 52.5 Å². The molecule has 0 spiro atoms. The van der Waals surface area contributed by atoms with Gasteiger partial charge in [-0.1, -0.05) is 13.8 Å². The van der Waals surface area contributed by atoms with E-state index < -0.39 is 0 Å². The van der Waals surface area contributed by atoms with Crippen LogP contribution >= 0.6 is 11.3 Å². The van der Waals surface area contributed by atoms with Crippen LogP contribution in [-0.2, 0) is 13.0 Å². The molecule has 1 N–H and O–H groups in total. The fourth-order valence-corrected chi connectivity index (χ4v) is 2.74. The minimum atomic E-state index is -0.246. The van der Waals surface area contributed by atoms with Gasteiger partial charge in [0.05, 0.1) is 6.61 Å². The van der Waals surface area contributed by atoms with Gasteiger partial charge in [-0.2, -0.15) is 11.3 Å². The largest absolute Gasteiger partial charge is 0.493 e. The second-order valence-electron chi connectivity index (χ2n) is 5.55. The lowest BCUT2D eigenvalue weighted by Crippen LogP contribution is -2.19. The molecule has 2 aromatic rings. The first-order valence-electron chi connectivity index (χ1n) is 7.27. The summed E-state index contributed by atoms with van der Waals surface area (Å²) in [7, 11) is 0. The lowest BCUT2D eigenvalue weighted by Gasteiger charge is -2.10. The van der Waals surface area contributed by atoms with Crippen LogP contribution in [0, 0.1) is 11.7 Å². The Bertz CT molecular complexity index is 540. The molecule has 0 saturated carbocycles. The molecule has 0 bridgehead atoms. The van der Waals surface area contributed by atoms with Crippen LogP contribution < -0.4 is 10.1 Å². The third-order valence-corrected chi connectivity index (χ3v) is 3.78. The van der Waals surface area contributed by atoms with E-state index in [9.17, 15) is 4.39 Å². The summed E-state index contributed by atoms with van der Waals surface area (Å²) in [6.07, 6.45) is 0.848. The number of ether oxygens (including phenoxy) is 1. The molecule has 1 aromatic carbocycles. The van der Waals surface area contributed by atoms with Crippen molar-refractivity contribution >= 4 is 11.3 Å². The topological polar surface area (TPSA) is 21.3 Å². The summed E-state index contributed by atoms with van der Waals surface area (Å²) in [6, 6.07) is 6.99. The molecule has 0 aliphatic rings. The number of benzene rings is 1. The van der Waals surface area contributed by atoms with E-state index in [-0.39, 0.29) is 5.82 Å². The number of thiophene rings is 1. The van der Waals surface area contributed by atoms with Crippen LogP contribution in [0.2, 0.25) is 0 Å². The molecule has 21 heavy (non-hydrogen) atoms. The van der Waals surface area contributed by atoms with Crippen molar-refractivity contribution < 1.29 is 9.13 Å². The van der Waals surface area contributed by atoms with Gasteiger partial charge < -0.3 is 10.1 Å². The molecule has 2 rings (SSSR count). The molecular formula is C17H22FNOS. The zero-order valence-electron chi connectivity index (χ0n) is 12.6. The van der Waals surface area contributed by atoms with Crippen LogP contribution in [0.1, 0.15) is 25.0 Å². The van der Waals surface area contributed by atoms with Crippen molar-refractivity contribution in [2.45, 2.75) is 26.8 Å². The number of nitrogens with one attached hydrogen (secondary N) is 1. The van der Waals surface area contributed by atoms with Gasteiger partial charge in [0, 0.05) is 19.0 Å². The molecule has 114 valence electrons. The summed E-state index contributed by atoms with van der Waals surface area (Å²) in [5, 5.41) is 7.47. The van der Waals surface area contributed by atoms with Gasteiger partial charge in [-0.25, -0.2) is 4.39 Å². The molecule has 0 unspecified atom stereocenters. The maximum atomic E-state index is 13.6. The van der Waals surface area contributed by atoms with Gasteiger partial charge in [0.1, 0.15) is 11.6 Å². The second-order valence-corrected chi connectivity index (χ2v) is 6.33. The van der Waals surface area contributed by atoms with Gasteiger partial charge in [0.2, 0.25) is 0 Å². The van der Waals surface area contributed by atoms with Crippen molar-refractivity contribution in [1.82, 2.24) is 5.32 Å². The molecule has 0 atom stereocenters. The maximum absolute atomic E-state index is 13.6. The van der Waals surface area contributed by atoms with Crippen molar-refractivity contribution in [2.75, 3.05) is 13.2 Å². The van der Waals surface area contributed by atoms with Crippen molar-refractivity contribution in [3.05, 3.63) is 52.0 Å². The quantitative estimate of drug-likeness (QED) is 0.787. The minimum Gasteiger partial charge on any atom is -0.493 e. The van der Waals surface area contributed by atoms with Crippen LogP contribution in [0.15, 0.2) is 35.0 Å². The monoisotopic (exact) mass is 307 g/mol. The Balaban J connectivity index is 1.85. The SMILES string of the molecule is CC(C)CNCc1cc(F)cc(OCCc2ccsc2)c1. The molecule has 0 aliphatic carbocycles. The third-order valence-electron chi connectivity index (χ3n) is 3.05. The van der Waals surface area contributed by atoms with E-state index in [1.54, 1.807) is 17.4 Å². The highest BCUT2D eigenvalue weighted by molar-refractivity contribution is 7.07. The van der Waals surface area contributed by atoms with Crippen LogP contribution in [0.3, 0.4) is 0 Å². The fraction of sp³-hybridized carbons (Fsp3) is 0.412. The molecular weight excluding hydrogens is 285 g/mol. The molecule has 2 nitrogen and oxygen atoms in total. The van der Waals surface area contributed by atoms with Gasteiger partial charge in [0.15, 0.2) is 0 Å². The zero-order valence-corrected chi connectivity index (χ0v) is 13.4. The van der Waals surface area contributed by atoms with Crippen LogP contribution in [-0.4, -0.2) is 13.2 Å². The van der Waals surface area contributed by atoms with Gasteiger partial charge in [0.25, 0.3) is 0 Å². The number of rotatable bonds is 8. The van der Waals surface area contributed by atoms with Crippen LogP contribution in [0.25, 0.3) is 0 Å². The maximum Gasteiger partial charge on any atom is 0.127 e. The minimum absolute atomic E-state index is 0.246. The summed E-state index contributed by atoms with van der Waals surface area (Å²) < 4.78 is 19.3. The predicted molar refractivity (Wildman–Crippen MR) is 86.5 cm³/mol. The first kappa shape index (κ1) is 16.0. The average Bonchev–Trinajstić information content (AvgIpc) is 2.91. The Kier molecular flexibility index (Phi) is 6.21. The van der Waals surface area contributed by atoms with E-state index in [1.807, 2.05) is 6.07 Å². The van der Waals surface area contributed by atoms with E-state index in [0.29, 0.717) is 24.8 Å². The molecule has 0 radical (unpaired) electrons. The molecule has 0 amide bonds. The first-order valence-corrected chi connectivity index (χ1v) is 8.22. The summed E-state index contributed by atoms with van der Waals surface area (Å²) >= 11 is 1.68. The second kappa shape index (κ2) is 8.15. The molecule has 0 aliphatic heterocycles. The van der Waals surface area contributed by atoms with E-state index >= 15 is 0 Å². The van der Waals surface area contributed by atoms with E-state index in [4.69, 9.17) is 4.74 Å². The Hall–Kier alpha value is -1.39. The van der Waals surface area contributed by atoms with Crippen molar-refractivity contribution in [1.29, 1.82) is 0 Å². The number of hydrogen-bond donors (Lipinski definition) is 1. The summed E-state index contributed by atoms with van der Waals surface area (Å²) in [6.45, 7) is 6.45. The third kappa shape index (κ3) is 5.86. The van der Waals surface area contributed by atoms with Gasteiger partial charge in [-0.3, -0.25) is 0 Å². The standard InChI is InChI=1S/C17H22FNOS/c1-13(2)10-19-11-15-7-16(18)9-17(8-15)20-5-3-14-4-6-21-12-14/h4,6-9,12-13,19H,3,5,10-11H2,1-2H3. The Morgan fingerprint density at radius 3 is 2.81 bits per heavy atom. The van der Waals surface area contributed by atoms with Gasteiger partial charge in [-0.15, -0.1) is 0 Å². The van der Waals surface area contributed by atoms with Crippen molar-refractivity contribution in [3.8, 4) is 5.75 Å². The average molecular weight is 307 g/mol. The summed E-state index contributed by atoms with van der Waals surface area (Å²) in [5.41, 5.74) is 2.18. The number of hydrogen-bond acceptors (Lipinski definition) is 3. The molecule has 1 aromatic heterocycles.